The molecule has 114 valence electrons. The number of carboxylic acids is 1. The third-order valence-electron chi connectivity index (χ3n) is 6.23. The van der Waals surface area contributed by atoms with Gasteiger partial charge in [-0.05, 0) is 63.3 Å². The Kier molecular flexibility index (Phi) is 4.34. The van der Waals surface area contributed by atoms with Crippen LogP contribution in [0.1, 0.15) is 77.0 Å². The van der Waals surface area contributed by atoms with Gasteiger partial charge in [0, 0.05) is 6.04 Å². The number of nitrogens with zero attached hydrogens (tertiary/aromatic N) is 1. The average Bonchev–Trinajstić information content (AvgIpc) is 2.75. The molecule has 1 heterocycles. The fourth-order valence-electron chi connectivity index (χ4n) is 5.00. The van der Waals surface area contributed by atoms with Crippen molar-refractivity contribution in [3.05, 3.63) is 0 Å². The highest BCUT2D eigenvalue weighted by molar-refractivity contribution is 5.73. The minimum atomic E-state index is -0.590. The number of hydrogen-bond acceptors (Lipinski definition) is 2. The fourth-order valence-corrected chi connectivity index (χ4v) is 5.00. The highest BCUT2D eigenvalue weighted by atomic mass is 16.4. The van der Waals surface area contributed by atoms with Gasteiger partial charge in [0.05, 0.1) is 0 Å². The van der Waals surface area contributed by atoms with Gasteiger partial charge in [-0.25, -0.2) is 0 Å². The van der Waals surface area contributed by atoms with E-state index in [-0.39, 0.29) is 6.04 Å². The van der Waals surface area contributed by atoms with Crippen molar-refractivity contribution >= 4 is 5.97 Å². The molecule has 0 radical (unpaired) electrons. The standard InChI is InChI=1S/C17H29NO2/c19-16(20)15-6-2-1-5-13-18(15)14-7-11-17(12-8-14)9-3-4-10-17/h14-15H,1-13H2,(H,19,20). The van der Waals surface area contributed by atoms with Gasteiger partial charge in [-0.1, -0.05) is 25.7 Å². The summed E-state index contributed by atoms with van der Waals surface area (Å²) in [5, 5.41) is 9.53. The summed E-state index contributed by atoms with van der Waals surface area (Å²) in [5.41, 5.74) is 0.654. The number of carbonyl (C=O) groups is 1. The first-order chi connectivity index (χ1) is 9.70. The van der Waals surface area contributed by atoms with Crippen molar-refractivity contribution in [3.63, 3.8) is 0 Å². The summed E-state index contributed by atoms with van der Waals surface area (Å²) in [6, 6.07) is 0.334. The monoisotopic (exact) mass is 279 g/mol. The minimum Gasteiger partial charge on any atom is -0.480 e. The first kappa shape index (κ1) is 14.4. The van der Waals surface area contributed by atoms with E-state index in [4.69, 9.17) is 0 Å². The molecule has 0 amide bonds. The minimum absolute atomic E-state index is 0.208. The Bertz CT molecular complexity index is 339. The topological polar surface area (TPSA) is 40.5 Å². The molecule has 2 saturated carbocycles. The van der Waals surface area contributed by atoms with Gasteiger partial charge in [-0.3, -0.25) is 9.69 Å². The molecule has 3 aliphatic rings. The summed E-state index contributed by atoms with van der Waals surface area (Å²) in [6.45, 7) is 1.01. The van der Waals surface area contributed by atoms with Crippen LogP contribution < -0.4 is 0 Å². The molecule has 3 rings (SSSR count). The molecule has 0 aromatic carbocycles. The van der Waals surface area contributed by atoms with E-state index < -0.39 is 5.97 Å². The van der Waals surface area contributed by atoms with Gasteiger partial charge in [-0.2, -0.15) is 0 Å². The Morgan fingerprint density at radius 2 is 1.60 bits per heavy atom. The number of rotatable bonds is 2. The lowest BCUT2D eigenvalue weighted by atomic mass is 9.71. The van der Waals surface area contributed by atoms with Crippen molar-refractivity contribution in [3.8, 4) is 0 Å². The Morgan fingerprint density at radius 1 is 0.900 bits per heavy atom. The summed E-state index contributed by atoms with van der Waals surface area (Å²) in [4.78, 5) is 13.9. The van der Waals surface area contributed by atoms with Crippen LogP contribution in [0.25, 0.3) is 0 Å². The Morgan fingerprint density at radius 3 is 2.25 bits per heavy atom. The normalized spacial score (nSPS) is 32.3. The van der Waals surface area contributed by atoms with Crippen LogP contribution in [0, 0.1) is 5.41 Å². The highest BCUT2D eigenvalue weighted by Crippen LogP contribution is 2.49. The van der Waals surface area contributed by atoms with Gasteiger partial charge in [0.2, 0.25) is 0 Å². The van der Waals surface area contributed by atoms with E-state index in [0.29, 0.717) is 11.5 Å². The third kappa shape index (κ3) is 2.88. The molecule has 1 unspecified atom stereocenters. The average molecular weight is 279 g/mol. The number of likely N-dealkylation sites (tertiary alicyclic amines) is 1. The van der Waals surface area contributed by atoms with E-state index in [1.165, 1.54) is 64.2 Å². The van der Waals surface area contributed by atoms with Crippen LogP contribution in [-0.4, -0.2) is 34.6 Å². The second-order valence-corrected chi connectivity index (χ2v) is 7.38. The lowest BCUT2D eigenvalue weighted by Gasteiger charge is -2.43. The Balaban J connectivity index is 1.64. The third-order valence-corrected chi connectivity index (χ3v) is 6.23. The van der Waals surface area contributed by atoms with Crippen LogP contribution >= 0.6 is 0 Å². The van der Waals surface area contributed by atoms with Gasteiger partial charge in [-0.15, -0.1) is 0 Å². The van der Waals surface area contributed by atoms with Gasteiger partial charge < -0.3 is 5.11 Å². The second-order valence-electron chi connectivity index (χ2n) is 7.38. The molecule has 1 spiro atoms. The van der Waals surface area contributed by atoms with Crippen molar-refractivity contribution in [2.24, 2.45) is 5.41 Å². The summed E-state index contributed by atoms with van der Waals surface area (Å²) >= 11 is 0. The molecule has 2 aliphatic carbocycles. The fraction of sp³-hybridized carbons (Fsp3) is 0.941. The van der Waals surface area contributed by atoms with E-state index in [2.05, 4.69) is 4.90 Å². The zero-order valence-electron chi connectivity index (χ0n) is 12.6. The molecule has 0 aromatic rings. The van der Waals surface area contributed by atoms with Crippen LogP contribution in [0.3, 0.4) is 0 Å². The maximum absolute atomic E-state index is 11.6. The first-order valence-corrected chi connectivity index (χ1v) is 8.69. The van der Waals surface area contributed by atoms with Crippen molar-refractivity contribution in [2.75, 3.05) is 6.54 Å². The molecule has 1 N–H and O–H groups in total. The molecule has 3 fully saturated rings. The molecule has 0 bridgehead atoms. The van der Waals surface area contributed by atoms with Crippen molar-refractivity contribution < 1.29 is 9.90 Å². The zero-order valence-corrected chi connectivity index (χ0v) is 12.6. The number of hydrogen-bond donors (Lipinski definition) is 1. The van der Waals surface area contributed by atoms with E-state index >= 15 is 0 Å². The number of carboxylic acid groups (broad SMARTS) is 1. The largest absolute Gasteiger partial charge is 0.480 e. The first-order valence-electron chi connectivity index (χ1n) is 8.69. The van der Waals surface area contributed by atoms with E-state index in [0.717, 1.165) is 19.4 Å². The van der Waals surface area contributed by atoms with Gasteiger partial charge in [0.1, 0.15) is 6.04 Å². The molecule has 0 aromatic heterocycles. The summed E-state index contributed by atoms with van der Waals surface area (Å²) in [7, 11) is 0. The van der Waals surface area contributed by atoms with Crippen LogP contribution in [0.5, 0.6) is 0 Å². The molecule has 3 heteroatoms. The van der Waals surface area contributed by atoms with Gasteiger partial charge >= 0.3 is 5.97 Å². The van der Waals surface area contributed by atoms with E-state index in [9.17, 15) is 9.90 Å². The van der Waals surface area contributed by atoms with Gasteiger partial charge in [0.15, 0.2) is 0 Å². The SMILES string of the molecule is O=C(O)C1CCCCCN1C1CCC2(CCCC2)CC1. The van der Waals surface area contributed by atoms with Crippen molar-refractivity contribution in [1.29, 1.82) is 0 Å². The van der Waals surface area contributed by atoms with E-state index in [1.54, 1.807) is 0 Å². The Hall–Kier alpha value is -0.570. The second kappa shape index (κ2) is 6.05. The molecule has 1 saturated heterocycles. The highest BCUT2D eigenvalue weighted by Gasteiger charge is 2.41. The van der Waals surface area contributed by atoms with Crippen molar-refractivity contribution in [2.45, 2.75) is 89.1 Å². The molecular weight excluding hydrogens is 250 g/mol. The number of aliphatic carboxylic acids is 1. The summed E-state index contributed by atoms with van der Waals surface area (Å²) < 4.78 is 0. The lowest BCUT2D eigenvalue weighted by molar-refractivity contribution is -0.145. The van der Waals surface area contributed by atoms with Crippen LogP contribution in [-0.2, 0) is 4.79 Å². The maximum atomic E-state index is 11.6. The molecular formula is C17H29NO2. The molecule has 3 nitrogen and oxygen atoms in total. The molecule has 1 aliphatic heterocycles. The van der Waals surface area contributed by atoms with Crippen LogP contribution in [0.4, 0.5) is 0 Å². The Labute approximate surface area is 122 Å². The molecule has 1 atom stereocenters. The smallest absolute Gasteiger partial charge is 0.320 e. The van der Waals surface area contributed by atoms with Crippen LogP contribution in [0.15, 0.2) is 0 Å². The quantitative estimate of drug-likeness (QED) is 0.835. The predicted molar refractivity (Wildman–Crippen MR) is 79.8 cm³/mol. The summed E-state index contributed by atoms with van der Waals surface area (Å²) in [6.07, 6.45) is 15.2. The maximum Gasteiger partial charge on any atom is 0.320 e. The van der Waals surface area contributed by atoms with Crippen molar-refractivity contribution in [1.82, 2.24) is 4.90 Å². The predicted octanol–water partition coefficient (Wildman–Crippen LogP) is 3.82. The van der Waals surface area contributed by atoms with Gasteiger partial charge in [0.25, 0.3) is 0 Å². The van der Waals surface area contributed by atoms with E-state index in [1.807, 2.05) is 0 Å². The summed E-state index contributed by atoms with van der Waals surface area (Å²) in [5.74, 6) is -0.590. The lowest BCUT2D eigenvalue weighted by Crippen LogP contribution is -2.49. The van der Waals surface area contributed by atoms with Crippen LogP contribution in [0.2, 0.25) is 0 Å². The zero-order chi connectivity index (χ0) is 14.0. The molecule has 20 heavy (non-hydrogen) atoms.